The lowest BCUT2D eigenvalue weighted by Gasteiger charge is -1.92. The van der Waals surface area contributed by atoms with Gasteiger partial charge >= 0.3 is 0 Å². The van der Waals surface area contributed by atoms with Gasteiger partial charge in [0, 0.05) is 5.39 Å². The Morgan fingerprint density at radius 2 is 2.19 bits per heavy atom. The molecule has 0 fully saturated rings. The predicted molar refractivity (Wildman–Crippen MR) is 64.4 cm³/mol. The van der Waals surface area contributed by atoms with E-state index >= 15 is 0 Å². The maximum atomic E-state index is 9.62. The van der Waals surface area contributed by atoms with Crippen LogP contribution in [0.4, 0.5) is 5.69 Å². The van der Waals surface area contributed by atoms with Crippen LogP contribution in [-0.4, -0.2) is 15.2 Å². The van der Waals surface area contributed by atoms with Gasteiger partial charge in [0.1, 0.15) is 0 Å². The largest absolute Gasteiger partial charge is 0.493 e. The van der Waals surface area contributed by atoms with Gasteiger partial charge in [0.25, 0.3) is 0 Å². The first-order chi connectivity index (χ1) is 7.72. The van der Waals surface area contributed by atoms with Crippen molar-refractivity contribution < 1.29 is 5.11 Å². The molecule has 2 aromatic rings. The number of fused-ring (bicyclic) bond motifs is 1. The molecule has 0 spiro atoms. The van der Waals surface area contributed by atoms with E-state index in [1.165, 1.54) is 0 Å². The number of H-pyrrole nitrogens is 1. The summed E-state index contributed by atoms with van der Waals surface area (Å²) in [5, 5.41) is 17.9. The van der Waals surface area contributed by atoms with Crippen LogP contribution in [0.2, 0.25) is 0 Å². The summed E-state index contributed by atoms with van der Waals surface area (Å²) in [6.45, 7) is 0. The van der Waals surface area contributed by atoms with E-state index in [4.69, 9.17) is 18.1 Å². The maximum Gasteiger partial charge on any atom is 0.227 e. The number of hydrazine groups is 1. The van der Waals surface area contributed by atoms with E-state index in [2.05, 4.69) is 20.6 Å². The number of benzene rings is 1. The van der Waals surface area contributed by atoms with Crippen molar-refractivity contribution in [2.45, 2.75) is 0 Å². The lowest BCUT2D eigenvalue weighted by atomic mass is 10.2. The van der Waals surface area contributed by atoms with Crippen LogP contribution in [0.5, 0.6) is 5.88 Å². The van der Waals surface area contributed by atoms with Crippen LogP contribution < -0.4 is 11.3 Å². The number of aromatic amines is 1. The molecule has 82 valence electrons. The zero-order valence-electron chi connectivity index (χ0n) is 8.14. The normalized spacial score (nSPS) is 11.1. The highest BCUT2D eigenvalue weighted by Crippen LogP contribution is 2.34. The van der Waals surface area contributed by atoms with Gasteiger partial charge in [-0.3, -0.25) is 5.43 Å². The summed E-state index contributed by atoms with van der Waals surface area (Å²) in [4.78, 5) is 2.78. The van der Waals surface area contributed by atoms with Crippen LogP contribution in [0.25, 0.3) is 10.9 Å². The fourth-order valence-electron chi connectivity index (χ4n) is 1.34. The first kappa shape index (κ1) is 10.5. The zero-order valence-corrected chi connectivity index (χ0v) is 8.95. The molecule has 7 heteroatoms. The van der Waals surface area contributed by atoms with E-state index in [0.717, 1.165) is 10.9 Å². The number of azo groups is 1. The molecule has 0 aliphatic carbocycles. The van der Waals surface area contributed by atoms with Gasteiger partial charge < -0.3 is 10.1 Å². The molecule has 0 unspecified atom stereocenters. The number of nitrogens with zero attached hydrogens (tertiary/aromatic N) is 2. The number of hydrogen-bond donors (Lipinski definition) is 4. The maximum absolute atomic E-state index is 9.62. The second-order valence-corrected chi connectivity index (χ2v) is 3.40. The molecule has 6 nitrogen and oxygen atoms in total. The predicted octanol–water partition coefficient (Wildman–Crippen LogP) is 1.71. The van der Waals surface area contributed by atoms with E-state index in [9.17, 15) is 5.11 Å². The van der Waals surface area contributed by atoms with Crippen LogP contribution in [-0.2, 0) is 0 Å². The lowest BCUT2D eigenvalue weighted by molar-refractivity contribution is 0.459. The Balaban J connectivity index is 2.47. The van der Waals surface area contributed by atoms with Gasteiger partial charge in [0.15, 0.2) is 5.69 Å². The Bertz CT molecular complexity index is 562. The molecule has 0 aliphatic heterocycles. The molecule has 1 heterocycles. The fourth-order valence-corrected chi connectivity index (χ4v) is 1.38. The molecule has 2 rings (SSSR count). The first-order valence-electron chi connectivity index (χ1n) is 4.44. The minimum Gasteiger partial charge on any atom is -0.493 e. The van der Waals surface area contributed by atoms with Gasteiger partial charge in [-0.05, 0) is 18.3 Å². The molecule has 0 saturated carbocycles. The van der Waals surface area contributed by atoms with Gasteiger partial charge in [-0.15, -0.1) is 10.2 Å². The summed E-state index contributed by atoms with van der Waals surface area (Å²) < 4.78 is 0. The molecule has 0 atom stereocenters. The molecule has 16 heavy (non-hydrogen) atoms. The molecule has 0 saturated heterocycles. The van der Waals surface area contributed by atoms with E-state index in [1.54, 1.807) is 0 Å². The third kappa shape index (κ3) is 1.86. The smallest absolute Gasteiger partial charge is 0.227 e. The molecule has 0 amide bonds. The molecule has 5 N–H and O–H groups in total. The van der Waals surface area contributed by atoms with Gasteiger partial charge in [0.2, 0.25) is 11.0 Å². The quantitative estimate of drug-likeness (QED) is 0.262. The van der Waals surface area contributed by atoms with E-state index in [-0.39, 0.29) is 11.0 Å². The topological polar surface area (TPSA) is 98.8 Å². The second-order valence-electron chi connectivity index (χ2n) is 3.02. The number of rotatable bonds is 1. The lowest BCUT2D eigenvalue weighted by Crippen LogP contribution is -2.26. The van der Waals surface area contributed by atoms with Crippen molar-refractivity contribution in [1.82, 2.24) is 10.4 Å². The fraction of sp³-hybridized carbons (Fsp3) is 0. The Morgan fingerprint density at radius 3 is 2.94 bits per heavy atom. The van der Waals surface area contributed by atoms with Gasteiger partial charge in [-0.2, -0.15) is 0 Å². The monoisotopic (exact) mass is 235 g/mol. The summed E-state index contributed by atoms with van der Waals surface area (Å²) in [6, 6.07) is 7.34. The SMILES string of the molecule is NNC(=S)N=Nc1c(O)[nH]c2ccccc12. The minimum absolute atomic E-state index is 0.0460. The van der Waals surface area contributed by atoms with Crippen LogP contribution in [0, 0.1) is 0 Å². The van der Waals surface area contributed by atoms with Crippen molar-refractivity contribution in [2.75, 3.05) is 0 Å². The molecular formula is C9H9N5OS. The van der Waals surface area contributed by atoms with Gasteiger partial charge in [-0.25, -0.2) is 5.84 Å². The van der Waals surface area contributed by atoms with E-state index in [0.29, 0.717) is 5.69 Å². The van der Waals surface area contributed by atoms with Crippen molar-refractivity contribution in [3.05, 3.63) is 24.3 Å². The standard InChI is InChI=1S/C9H9N5OS/c10-12-9(16)14-13-7-5-3-1-2-4-6(5)11-8(7)15/h1-4,11,15H,10H2,(H,12,16). The Hall–Kier alpha value is -1.99. The summed E-state index contributed by atoms with van der Waals surface area (Å²) >= 11 is 4.71. The number of nitrogens with two attached hydrogens (primary N) is 1. The molecule has 0 aliphatic rings. The van der Waals surface area contributed by atoms with Crippen molar-refractivity contribution in [3.63, 3.8) is 0 Å². The third-order valence-corrected chi connectivity index (χ3v) is 2.22. The highest BCUT2D eigenvalue weighted by Gasteiger charge is 2.09. The average Bonchev–Trinajstić information content (AvgIpc) is 2.62. The molecule has 1 aromatic carbocycles. The number of hydrogen-bond acceptors (Lipinski definition) is 4. The molecular weight excluding hydrogens is 226 g/mol. The summed E-state index contributed by atoms with van der Waals surface area (Å²) in [7, 11) is 0. The number of aromatic nitrogens is 1. The second kappa shape index (κ2) is 4.25. The van der Waals surface area contributed by atoms with Crippen molar-refractivity contribution in [1.29, 1.82) is 0 Å². The van der Waals surface area contributed by atoms with E-state index < -0.39 is 0 Å². The number of para-hydroxylation sites is 1. The Kier molecular flexibility index (Phi) is 2.80. The van der Waals surface area contributed by atoms with Gasteiger partial charge in [0.05, 0.1) is 5.52 Å². The highest BCUT2D eigenvalue weighted by molar-refractivity contribution is 7.80. The summed E-state index contributed by atoms with van der Waals surface area (Å²) in [5.41, 5.74) is 3.29. The van der Waals surface area contributed by atoms with Crippen molar-refractivity contribution in [2.24, 2.45) is 16.1 Å². The number of nitrogens with one attached hydrogen (secondary N) is 2. The number of aromatic hydroxyl groups is 1. The molecule has 0 bridgehead atoms. The van der Waals surface area contributed by atoms with Crippen molar-refractivity contribution >= 4 is 33.9 Å². The average molecular weight is 235 g/mol. The molecule has 0 radical (unpaired) electrons. The van der Waals surface area contributed by atoms with Crippen molar-refractivity contribution in [3.8, 4) is 5.88 Å². The third-order valence-electron chi connectivity index (χ3n) is 2.02. The number of thiocarbonyl (C=S) groups is 1. The highest BCUT2D eigenvalue weighted by atomic mass is 32.1. The minimum atomic E-state index is -0.0511. The van der Waals surface area contributed by atoms with E-state index in [1.807, 2.05) is 24.3 Å². The van der Waals surface area contributed by atoms with Crippen LogP contribution in [0.15, 0.2) is 34.5 Å². The van der Waals surface area contributed by atoms with Crippen LogP contribution in [0.3, 0.4) is 0 Å². The Labute approximate surface area is 96.1 Å². The van der Waals surface area contributed by atoms with Gasteiger partial charge in [-0.1, -0.05) is 18.2 Å². The van der Waals surface area contributed by atoms with Crippen LogP contribution in [0.1, 0.15) is 0 Å². The Morgan fingerprint density at radius 1 is 1.44 bits per heavy atom. The first-order valence-corrected chi connectivity index (χ1v) is 4.85. The van der Waals surface area contributed by atoms with Crippen LogP contribution >= 0.6 is 12.2 Å². The zero-order chi connectivity index (χ0) is 11.5. The molecule has 1 aromatic heterocycles. The summed E-state index contributed by atoms with van der Waals surface area (Å²) in [6.07, 6.45) is 0. The summed E-state index contributed by atoms with van der Waals surface area (Å²) in [5.74, 6) is 5.00.